The number of nitrogens with two attached hydrogens (primary N) is 1. The molecule has 0 atom stereocenters. The van der Waals surface area contributed by atoms with Crippen molar-refractivity contribution in [1.82, 2.24) is 19.2 Å². The highest BCUT2D eigenvalue weighted by atomic mass is 19.1. The predicted octanol–water partition coefficient (Wildman–Crippen LogP) is 0.478. The molecule has 0 saturated carbocycles. The van der Waals surface area contributed by atoms with Crippen molar-refractivity contribution in [3.63, 3.8) is 0 Å². The summed E-state index contributed by atoms with van der Waals surface area (Å²) in [6.07, 6.45) is 3.06. The molecular formula is C12H10FN5O. The molecule has 0 unspecified atom stereocenters. The zero-order chi connectivity index (χ0) is 13.4. The van der Waals surface area contributed by atoms with Crippen molar-refractivity contribution in [3.8, 4) is 5.69 Å². The molecule has 3 rings (SSSR count). The van der Waals surface area contributed by atoms with Crippen LogP contribution in [-0.2, 0) is 6.54 Å². The van der Waals surface area contributed by atoms with E-state index in [-0.39, 0.29) is 17.9 Å². The molecule has 0 bridgehead atoms. The van der Waals surface area contributed by atoms with Gasteiger partial charge in [0.25, 0.3) is 0 Å². The lowest BCUT2D eigenvalue weighted by Crippen LogP contribution is -2.21. The number of rotatable bonds is 2. The molecule has 2 N–H and O–H groups in total. The van der Waals surface area contributed by atoms with E-state index in [1.807, 2.05) is 0 Å². The smallest absolute Gasteiger partial charge is 0.300 e. The van der Waals surface area contributed by atoms with Crippen LogP contribution in [-0.4, -0.2) is 19.2 Å². The molecule has 2 heterocycles. The highest BCUT2D eigenvalue weighted by molar-refractivity contribution is 5.41. The fraction of sp³-hybridized carbons (Fsp3) is 0.0833. The van der Waals surface area contributed by atoms with Gasteiger partial charge in [-0.05, 0) is 12.1 Å². The minimum atomic E-state index is -0.479. The van der Waals surface area contributed by atoms with Gasteiger partial charge in [0, 0.05) is 12.4 Å². The first-order valence-corrected chi connectivity index (χ1v) is 5.62. The Bertz CT molecular complexity index is 807. The van der Waals surface area contributed by atoms with Crippen molar-refractivity contribution in [2.24, 2.45) is 5.73 Å². The maximum absolute atomic E-state index is 13.7. The molecule has 0 aliphatic carbocycles. The molecule has 0 spiro atoms. The van der Waals surface area contributed by atoms with Gasteiger partial charge in [0.2, 0.25) is 5.65 Å². The number of halogens is 1. The van der Waals surface area contributed by atoms with Crippen molar-refractivity contribution >= 4 is 5.65 Å². The van der Waals surface area contributed by atoms with Gasteiger partial charge in [0.1, 0.15) is 5.82 Å². The van der Waals surface area contributed by atoms with E-state index in [0.717, 1.165) is 0 Å². The highest BCUT2D eigenvalue weighted by Gasteiger charge is 2.12. The summed E-state index contributed by atoms with van der Waals surface area (Å²) in [7, 11) is 0. The first-order valence-electron chi connectivity index (χ1n) is 5.62. The molecule has 19 heavy (non-hydrogen) atoms. The first kappa shape index (κ1) is 11.5. The number of benzene rings is 1. The van der Waals surface area contributed by atoms with Crippen molar-refractivity contribution < 1.29 is 4.39 Å². The summed E-state index contributed by atoms with van der Waals surface area (Å²) in [5.41, 5.74) is 5.34. The Morgan fingerprint density at radius 3 is 2.74 bits per heavy atom. The first-order chi connectivity index (χ1) is 9.22. The highest BCUT2D eigenvalue weighted by Crippen LogP contribution is 2.10. The van der Waals surface area contributed by atoms with Gasteiger partial charge in [-0.3, -0.25) is 13.8 Å². The van der Waals surface area contributed by atoms with E-state index >= 15 is 0 Å². The standard InChI is InChI=1S/C12H10FN5O/c13-8-3-1-2-4-9(8)17-5-6-18-10(7-14)15-16-11(18)12(17)19/h1-6H,7,14H2. The third-order valence-electron chi connectivity index (χ3n) is 2.84. The van der Waals surface area contributed by atoms with Crippen LogP contribution in [0.1, 0.15) is 5.82 Å². The average molecular weight is 259 g/mol. The quantitative estimate of drug-likeness (QED) is 0.726. The molecule has 6 nitrogen and oxygen atoms in total. The third kappa shape index (κ3) is 1.71. The Morgan fingerprint density at radius 2 is 2.00 bits per heavy atom. The lowest BCUT2D eigenvalue weighted by atomic mass is 10.3. The second-order valence-corrected chi connectivity index (χ2v) is 3.94. The van der Waals surface area contributed by atoms with Crippen LogP contribution in [0.3, 0.4) is 0 Å². The summed E-state index contributed by atoms with van der Waals surface area (Å²) in [6, 6.07) is 6.03. The molecule has 0 radical (unpaired) electrons. The topological polar surface area (TPSA) is 78.2 Å². The summed E-state index contributed by atoms with van der Waals surface area (Å²) in [4.78, 5) is 12.2. The molecule has 7 heteroatoms. The summed E-state index contributed by atoms with van der Waals surface area (Å²) in [6.45, 7) is 0.171. The van der Waals surface area contributed by atoms with Gasteiger partial charge in [-0.1, -0.05) is 12.1 Å². The fourth-order valence-corrected chi connectivity index (χ4v) is 1.91. The maximum atomic E-state index is 13.7. The largest absolute Gasteiger partial charge is 0.324 e. The number of para-hydroxylation sites is 1. The van der Waals surface area contributed by atoms with Crippen LogP contribution < -0.4 is 11.3 Å². The van der Waals surface area contributed by atoms with Crippen LogP contribution in [0.25, 0.3) is 11.3 Å². The van der Waals surface area contributed by atoms with Gasteiger partial charge in [0.05, 0.1) is 12.2 Å². The Kier molecular flexibility index (Phi) is 2.60. The molecule has 96 valence electrons. The minimum Gasteiger partial charge on any atom is -0.324 e. The fourth-order valence-electron chi connectivity index (χ4n) is 1.91. The summed E-state index contributed by atoms with van der Waals surface area (Å²) in [5, 5.41) is 7.59. The van der Waals surface area contributed by atoms with Gasteiger partial charge >= 0.3 is 5.56 Å². The van der Waals surface area contributed by atoms with Crippen LogP contribution in [0.2, 0.25) is 0 Å². The van der Waals surface area contributed by atoms with E-state index in [1.54, 1.807) is 18.3 Å². The normalized spacial score (nSPS) is 11.1. The van der Waals surface area contributed by atoms with Crippen molar-refractivity contribution in [3.05, 3.63) is 58.7 Å². The Balaban J connectivity index is 2.30. The van der Waals surface area contributed by atoms with Gasteiger partial charge in [-0.15, -0.1) is 10.2 Å². The molecule has 0 amide bonds. The van der Waals surface area contributed by atoms with E-state index in [4.69, 9.17) is 5.73 Å². The number of aromatic nitrogens is 4. The Hall–Kier alpha value is -2.54. The Morgan fingerprint density at radius 1 is 1.21 bits per heavy atom. The minimum absolute atomic E-state index is 0.117. The van der Waals surface area contributed by atoms with Gasteiger partial charge in [0.15, 0.2) is 5.82 Å². The van der Waals surface area contributed by atoms with Gasteiger partial charge < -0.3 is 5.73 Å². The molecular weight excluding hydrogens is 249 g/mol. The lowest BCUT2D eigenvalue weighted by Gasteiger charge is -2.06. The van der Waals surface area contributed by atoms with Crippen molar-refractivity contribution in [2.45, 2.75) is 6.54 Å². The number of hydrogen-bond donors (Lipinski definition) is 1. The van der Waals surface area contributed by atoms with E-state index < -0.39 is 11.4 Å². The lowest BCUT2D eigenvalue weighted by molar-refractivity contribution is 0.616. The zero-order valence-electron chi connectivity index (χ0n) is 9.82. The zero-order valence-corrected chi connectivity index (χ0v) is 9.82. The molecule has 1 aromatic carbocycles. The van der Waals surface area contributed by atoms with Crippen LogP contribution in [0.5, 0.6) is 0 Å². The number of hydrogen-bond acceptors (Lipinski definition) is 4. The van der Waals surface area contributed by atoms with E-state index in [2.05, 4.69) is 10.2 Å². The second-order valence-electron chi connectivity index (χ2n) is 3.94. The molecule has 0 fully saturated rings. The molecule has 0 saturated heterocycles. The van der Waals surface area contributed by atoms with Crippen molar-refractivity contribution in [1.29, 1.82) is 0 Å². The summed E-state index contributed by atoms with van der Waals surface area (Å²) >= 11 is 0. The number of fused-ring (bicyclic) bond motifs is 1. The maximum Gasteiger partial charge on any atom is 0.300 e. The Labute approximate surface area is 106 Å². The van der Waals surface area contributed by atoms with E-state index in [1.165, 1.54) is 27.3 Å². The average Bonchev–Trinajstić information content (AvgIpc) is 2.84. The van der Waals surface area contributed by atoms with Crippen LogP contribution in [0.4, 0.5) is 4.39 Å². The van der Waals surface area contributed by atoms with Gasteiger partial charge in [-0.2, -0.15) is 0 Å². The summed E-state index contributed by atoms with van der Waals surface area (Å²) < 4.78 is 16.4. The monoisotopic (exact) mass is 259 g/mol. The van der Waals surface area contributed by atoms with E-state index in [9.17, 15) is 9.18 Å². The number of nitrogens with zero attached hydrogens (tertiary/aromatic N) is 4. The summed E-state index contributed by atoms with van der Waals surface area (Å²) in [5.74, 6) is 0.000275. The van der Waals surface area contributed by atoms with Gasteiger partial charge in [-0.25, -0.2) is 4.39 Å². The van der Waals surface area contributed by atoms with Crippen LogP contribution in [0.15, 0.2) is 41.5 Å². The third-order valence-corrected chi connectivity index (χ3v) is 2.84. The SMILES string of the molecule is NCc1nnc2c(=O)n(-c3ccccc3F)ccn12. The molecule has 3 aromatic rings. The van der Waals surface area contributed by atoms with Crippen molar-refractivity contribution in [2.75, 3.05) is 0 Å². The molecule has 0 aliphatic heterocycles. The second kappa shape index (κ2) is 4.29. The van der Waals surface area contributed by atoms with E-state index in [0.29, 0.717) is 5.82 Å². The molecule has 0 aliphatic rings. The predicted molar refractivity (Wildman–Crippen MR) is 66.4 cm³/mol. The van der Waals surface area contributed by atoms with Crippen LogP contribution >= 0.6 is 0 Å². The van der Waals surface area contributed by atoms with Crippen LogP contribution in [0, 0.1) is 5.82 Å². The molecule has 2 aromatic heterocycles.